The average molecular weight is 236 g/mol. The zero-order valence-corrected chi connectivity index (χ0v) is 10.7. The lowest BCUT2D eigenvalue weighted by molar-refractivity contribution is 0.0628. The molecule has 5 nitrogen and oxygen atoms in total. The number of amides is 1. The van der Waals surface area contributed by atoms with Gasteiger partial charge in [0.2, 0.25) is 0 Å². The number of aromatic nitrogens is 2. The van der Waals surface area contributed by atoms with Gasteiger partial charge in [-0.2, -0.15) is 5.10 Å². The quantitative estimate of drug-likeness (QED) is 0.794. The number of piperidine rings is 1. The lowest BCUT2D eigenvalue weighted by Gasteiger charge is -2.35. The Morgan fingerprint density at radius 3 is 2.71 bits per heavy atom. The fourth-order valence-corrected chi connectivity index (χ4v) is 2.23. The van der Waals surface area contributed by atoms with Gasteiger partial charge in [0.1, 0.15) is 11.4 Å². The van der Waals surface area contributed by atoms with Crippen molar-refractivity contribution in [2.45, 2.75) is 20.3 Å². The monoisotopic (exact) mass is 236 g/mol. The minimum atomic E-state index is 0.00866. The number of hydrogen-bond donors (Lipinski definition) is 1. The van der Waals surface area contributed by atoms with E-state index >= 15 is 0 Å². The minimum absolute atomic E-state index is 0.00866. The van der Waals surface area contributed by atoms with Crippen molar-refractivity contribution >= 4 is 11.7 Å². The summed E-state index contributed by atoms with van der Waals surface area (Å²) in [6.45, 7) is 6.06. The predicted octanol–water partition coefficient (Wildman–Crippen LogP) is 1.12. The molecule has 0 bridgehead atoms. The third-order valence-corrected chi connectivity index (χ3v) is 3.84. The van der Waals surface area contributed by atoms with Crippen LogP contribution in [0.15, 0.2) is 6.20 Å². The minimum Gasteiger partial charge on any atom is -0.383 e. The molecule has 1 aromatic heterocycles. The molecule has 1 fully saturated rings. The van der Waals surface area contributed by atoms with E-state index in [1.54, 1.807) is 13.2 Å². The molecule has 5 heteroatoms. The Hall–Kier alpha value is -1.52. The molecule has 2 N–H and O–H groups in total. The maximum absolute atomic E-state index is 12.3. The van der Waals surface area contributed by atoms with E-state index in [4.69, 9.17) is 5.73 Å². The number of rotatable bonds is 1. The molecule has 2 heterocycles. The number of nitrogen functional groups attached to an aromatic ring is 1. The van der Waals surface area contributed by atoms with Gasteiger partial charge in [0.05, 0.1) is 6.20 Å². The third-order valence-electron chi connectivity index (χ3n) is 3.84. The summed E-state index contributed by atoms with van der Waals surface area (Å²) in [6, 6.07) is 0. The summed E-state index contributed by atoms with van der Waals surface area (Å²) in [5.41, 5.74) is 6.35. The van der Waals surface area contributed by atoms with Crippen molar-refractivity contribution in [3.05, 3.63) is 11.8 Å². The van der Waals surface area contributed by atoms with E-state index in [9.17, 15) is 4.79 Å². The number of carbonyl (C=O) groups excluding carboxylic acids is 1. The number of nitrogens with zero attached hydrogens (tertiary/aromatic N) is 3. The molecule has 1 aliphatic rings. The fourth-order valence-electron chi connectivity index (χ4n) is 2.23. The Bertz CT molecular complexity index is 426. The first-order valence-corrected chi connectivity index (χ1v) is 6.07. The Morgan fingerprint density at radius 1 is 1.47 bits per heavy atom. The molecule has 1 saturated heterocycles. The number of carbonyl (C=O) groups is 1. The molecule has 1 aliphatic heterocycles. The van der Waals surface area contributed by atoms with Crippen LogP contribution in [0.4, 0.5) is 5.82 Å². The van der Waals surface area contributed by atoms with Gasteiger partial charge in [-0.05, 0) is 18.3 Å². The molecule has 1 amide bonds. The summed E-state index contributed by atoms with van der Waals surface area (Å²) in [5, 5.41) is 4.01. The van der Waals surface area contributed by atoms with Gasteiger partial charge >= 0.3 is 0 Å². The molecule has 0 saturated carbocycles. The van der Waals surface area contributed by atoms with Crippen molar-refractivity contribution in [1.82, 2.24) is 14.7 Å². The highest BCUT2D eigenvalue weighted by molar-refractivity contribution is 5.98. The van der Waals surface area contributed by atoms with E-state index in [2.05, 4.69) is 18.9 Å². The van der Waals surface area contributed by atoms with Gasteiger partial charge < -0.3 is 10.6 Å². The number of nitrogens with two attached hydrogens (primary N) is 1. The predicted molar refractivity (Wildman–Crippen MR) is 66.5 cm³/mol. The summed E-state index contributed by atoms with van der Waals surface area (Å²) in [5.74, 6) is 1.69. The molecule has 1 aromatic rings. The van der Waals surface area contributed by atoms with Gasteiger partial charge in [-0.25, -0.2) is 0 Å². The lowest BCUT2D eigenvalue weighted by Crippen LogP contribution is -2.42. The van der Waals surface area contributed by atoms with Gasteiger partial charge in [-0.3, -0.25) is 9.48 Å². The van der Waals surface area contributed by atoms with Crippen LogP contribution < -0.4 is 5.73 Å². The van der Waals surface area contributed by atoms with Crippen LogP contribution in [0.1, 0.15) is 30.6 Å². The highest BCUT2D eigenvalue weighted by Crippen LogP contribution is 2.24. The summed E-state index contributed by atoms with van der Waals surface area (Å²) in [6.07, 6.45) is 2.62. The second-order valence-electron chi connectivity index (χ2n) is 5.06. The molecule has 17 heavy (non-hydrogen) atoms. The molecule has 0 aliphatic carbocycles. The van der Waals surface area contributed by atoms with Crippen LogP contribution in [-0.2, 0) is 7.05 Å². The van der Waals surface area contributed by atoms with Crippen LogP contribution in [0.2, 0.25) is 0 Å². The van der Waals surface area contributed by atoms with Crippen molar-refractivity contribution < 1.29 is 4.79 Å². The smallest absolute Gasteiger partial charge is 0.259 e. The molecule has 2 rings (SSSR count). The van der Waals surface area contributed by atoms with Crippen LogP contribution in [0.3, 0.4) is 0 Å². The summed E-state index contributed by atoms with van der Waals surface area (Å²) in [4.78, 5) is 14.2. The van der Waals surface area contributed by atoms with Crippen LogP contribution in [-0.4, -0.2) is 33.7 Å². The Balaban J connectivity index is 2.13. The zero-order valence-electron chi connectivity index (χ0n) is 10.7. The van der Waals surface area contributed by atoms with Crippen LogP contribution >= 0.6 is 0 Å². The van der Waals surface area contributed by atoms with E-state index in [0.29, 0.717) is 23.2 Å². The van der Waals surface area contributed by atoms with Crippen LogP contribution in [0.25, 0.3) is 0 Å². The van der Waals surface area contributed by atoms with Crippen molar-refractivity contribution in [3.8, 4) is 0 Å². The molecule has 0 aromatic carbocycles. The zero-order chi connectivity index (χ0) is 12.6. The third kappa shape index (κ3) is 2.14. The average Bonchev–Trinajstić information content (AvgIpc) is 2.63. The maximum atomic E-state index is 12.3. The van der Waals surface area contributed by atoms with Crippen LogP contribution in [0.5, 0.6) is 0 Å². The van der Waals surface area contributed by atoms with Gasteiger partial charge in [0.25, 0.3) is 5.91 Å². The van der Waals surface area contributed by atoms with Crippen molar-refractivity contribution in [3.63, 3.8) is 0 Å². The first-order valence-electron chi connectivity index (χ1n) is 6.07. The second-order valence-corrected chi connectivity index (χ2v) is 5.06. The van der Waals surface area contributed by atoms with Crippen LogP contribution in [0, 0.1) is 11.8 Å². The number of anilines is 1. The molecular weight excluding hydrogens is 216 g/mol. The summed E-state index contributed by atoms with van der Waals surface area (Å²) in [7, 11) is 1.74. The highest BCUT2D eigenvalue weighted by Gasteiger charge is 2.28. The van der Waals surface area contributed by atoms with Gasteiger partial charge in [0.15, 0.2) is 0 Å². The summed E-state index contributed by atoms with van der Waals surface area (Å²) >= 11 is 0. The van der Waals surface area contributed by atoms with Crippen molar-refractivity contribution in [1.29, 1.82) is 0 Å². The van der Waals surface area contributed by atoms with E-state index in [-0.39, 0.29) is 5.91 Å². The standard InChI is InChI=1S/C12H20N4O/c1-8-4-5-16(7-9(8)2)12(17)10-6-14-15(3)11(10)13/h6,8-9H,4-5,7,13H2,1-3H3. The molecule has 2 atom stereocenters. The van der Waals surface area contributed by atoms with E-state index < -0.39 is 0 Å². The number of aryl methyl sites for hydroxylation is 1. The highest BCUT2D eigenvalue weighted by atomic mass is 16.2. The van der Waals surface area contributed by atoms with Gasteiger partial charge in [0, 0.05) is 20.1 Å². The summed E-state index contributed by atoms with van der Waals surface area (Å²) < 4.78 is 1.53. The Morgan fingerprint density at radius 2 is 2.18 bits per heavy atom. The van der Waals surface area contributed by atoms with Gasteiger partial charge in [-0.1, -0.05) is 13.8 Å². The van der Waals surface area contributed by atoms with Crippen molar-refractivity contribution in [2.24, 2.45) is 18.9 Å². The lowest BCUT2D eigenvalue weighted by atomic mass is 9.88. The Kier molecular flexibility index (Phi) is 3.09. The molecule has 0 spiro atoms. The SMILES string of the molecule is CC1CCN(C(=O)c2cnn(C)c2N)CC1C. The van der Waals surface area contributed by atoms with E-state index in [0.717, 1.165) is 19.5 Å². The first-order chi connectivity index (χ1) is 8.00. The second kappa shape index (κ2) is 4.39. The molecular formula is C12H20N4O. The topological polar surface area (TPSA) is 64.2 Å². The number of hydrogen-bond acceptors (Lipinski definition) is 3. The Labute approximate surface area is 102 Å². The largest absolute Gasteiger partial charge is 0.383 e. The van der Waals surface area contributed by atoms with Crippen molar-refractivity contribution in [2.75, 3.05) is 18.8 Å². The molecule has 0 radical (unpaired) electrons. The number of likely N-dealkylation sites (tertiary alicyclic amines) is 1. The fraction of sp³-hybridized carbons (Fsp3) is 0.667. The van der Waals surface area contributed by atoms with Gasteiger partial charge in [-0.15, -0.1) is 0 Å². The maximum Gasteiger partial charge on any atom is 0.259 e. The molecule has 2 unspecified atom stereocenters. The van der Waals surface area contributed by atoms with E-state index in [1.165, 1.54) is 4.68 Å². The van der Waals surface area contributed by atoms with E-state index in [1.807, 2.05) is 4.90 Å². The molecule has 94 valence electrons. The normalized spacial score (nSPS) is 25.0. The first kappa shape index (κ1) is 12.0.